The second-order valence-electron chi connectivity index (χ2n) is 6.38. The van der Waals surface area contributed by atoms with Gasteiger partial charge in [0.1, 0.15) is 10.4 Å². The van der Waals surface area contributed by atoms with Crippen LogP contribution in [0.4, 0.5) is 11.6 Å². The second kappa shape index (κ2) is 6.66. The van der Waals surface area contributed by atoms with E-state index in [2.05, 4.69) is 10.3 Å². The fourth-order valence-electron chi connectivity index (χ4n) is 2.94. The lowest BCUT2D eigenvalue weighted by atomic mass is 10.1. The van der Waals surface area contributed by atoms with Gasteiger partial charge in [0.05, 0.1) is 6.07 Å². The number of aromatic nitrogens is 1. The first-order valence-corrected chi connectivity index (χ1v) is 8.44. The Morgan fingerprint density at radius 1 is 1.07 bits per heavy atom. The minimum Gasteiger partial charge on any atom is -0.436 e. The fraction of sp³-hybridized carbons (Fsp3) is 0.100. The minimum absolute atomic E-state index is 0.138. The summed E-state index contributed by atoms with van der Waals surface area (Å²) in [5, 5.41) is 13.3. The summed E-state index contributed by atoms with van der Waals surface area (Å²) in [5.74, 6) is -0.709. The average Bonchev–Trinajstić information content (AvgIpc) is 3.29. The van der Waals surface area contributed by atoms with E-state index >= 15 is 0 Å². The third-order valence-electron chi connectivity index (χ3n) is 4.21. The molecule has 1 amide bonds. The van der Waals surface area contributed by atoms with Crippen molar-refractivity contribution >= 4 is 28.6 Å². The van der Waals surface area contributed by atoms with Crippen molar-refractivity contribution in [2.24, 2.45) is 0 Å². The molecule has 0 aliphatic rings. The molecule has 0 unspecified atom stereocenters. The van der Waals surface area contributed by atoms with Gasteiger partial charge in [0.15, 0.2) is 11.3 Å². The summed E-state index contributed by atoms with van der Waals surface area (Å²) in [7, 11) is 0. The fourth-order valence-corrected chi connectivity index (χ4v) is 2.94. The number of furan rings is 1. The third kappa shape index (κ3) is 3.23. The summed E-state index contributed by atoms with van der Waals surface area (Å²) in [6.45, 7) is 3.98. The highest BCUT2D eigenvalue weighted by molar-refractivity contribution is 6.02. The predicted octanol–water partition coefficient (Wildman–Crippen LogP) is 4.87. The van der Waals surface area contributed by atoms with Gasteiger partial charge in [-0.25, -0.2) is 4.98 Å². The topological polar surface area (TPSA) is 111 Å². The van der Waals surface area contributed by atoms with Gasteiger partial charge >= 0.3 is 5.88 Å². The van der Waals surface area contributed by atoms with Crippen LogP contribution in [0.15, 0.2) is 57.4 Å². The van der Waals surface area contributed by atoms with Crippen LogP contribution in [0.3, 0.4) is 0 Å². The lowest BCUT2D eigenvalue weighted by Gasteiger charge is -2.03. The maximum atomic E-state index is 12.1. The number of anilines is 1. The first-order chi connectivity index (χ1) is 13.4. The number of aryl methyl sites for hydroxylation is 2. The van der Waals surface area contributed by atoms with Crippen molar-refractivity contribution in [3.63, 3.8) is 0 Å². The van der Waals surface area contributed by atoms with Crippen molar-refractivity contribution < 1.29 is 18.6 Å². The number of nitrogens with zero attached hydrogens (tertiary/aromatic N) is 2. The number of hydrogen-bond acceptors (Lipinski definition) is 6. The van der Waals surface area contributed by atoms with Crippen molar-refractivity contribution in [2.45, 2.75) is 13.8 Å². The summed E-state index contributed by atoms with van der Waals surface area (Å²) < 4.78 is 10.8. The number of amides is 1. The van der Waals surface area contributed by atoms with E-state index in [-0.39, 0.29) is 5.76 Å². The van der Waals surface area contributed by atoms with E-state index in [0.29, 0.717) is 11.6 Å². The molecule has 2 heterocycles. The molecule has 0 radical (unpaired) electrons. The molecular formula is C20H15N3O5. The van der Waals surface area contributed by atoms with Gasteiger partial charge in [-0.15, -0.1) is 0 Å². The van der Waals surface area contributed by atoms with Crippen molar-refractivity contribution in [1.29, 1.82) is 0 Å². The molecule has 0 saturated heterocycles. The molecular weight excluding hydrogens is 362 g/mol. The molecule has 2 aromatic heterocycles. The maximum Gasteiger partial charge on any atom is 0.433 e. The Hall–Kier alpha value is -3.94. The highest BCUT2D eigenvalue weighted by Crippen LogP contribution is 2.28. The molecule has 0 saturated carbocycles. The second-order valence-corrected chi connectivity index (χ2v) is 6.38. The Kier molecular flexibility index (Phi) is 4.15. The van der Waals surface area contributed by atoms with Gasteiger partial charge in [-0.2, -0.15) is 0 Å². The first kappa shape index (κ1) is 17.5. The first-order valence-electron chi connectivity index (χ1n) is 8.44. The monoisotopic (exact) mass is 377 g/mol. The van der Waals surface area contributed by atoms with Gasteiger partial charge in [-0.3, -0.25) is 14.9 Å². The van der Waals surface area contributed by atoms with Gasteiger partial charge in [-0.05, 0) is 61.4 Å². The zero-order valence-electron chi connectivity index (χ0n) is 15.1. The van der Waals surface area contributed by atoms with E-state index in [1.165, 1.54) is 6.07 Å². The van der Waals surface area contributed by atoms with E-state index < -0.39 is 16.7 Å². The predicted molar refractivity (Wildman–Crippen MR) is 102 cm³/mol. The molecule has 0 atom stereocenters. The third-order valence-corrected chi connectivity index (χ3v) is 4.21. The largest absolute Gasteiger partial charge is 0.436 e. The van der Waals surface area contributed by atoms with Crippen LogP contribution >= 0.6 is 0 Å². The van der Waals surface area contributed by atoms with Crippen LogP contribution in [0.5, 0.6) is 0 Å². The van der Waals surface area contributed by atoms with Crippen molar-refractivity contribution in [2.75, 3.05) is 5.32 Å². The molecule has 0 fully saturated rings. The molecule has 0 aliphatic heterocycles. The SMILES string of the molecule is Cc1cc(C)c2oc(-c3ccc(NC(=O)c4ccc([N+](=O)[O-])o4)cc3)nc2c1. The van der Waals surface area contributed by atoms with Crippen LogP contribution in [0, 0.1) is 24.0 Å². The molecule has 0 bridgehead atoms. The summed E-state index contributed by atoms with van der Waals surface area (Å²) in [6, 6.07) is 13.3. The van der Waals surface area contributed by atoms with E-state index in [0.717, 1.165) is 33.9 Å². The summed E-state index contributed by atoms with van der Waals surface area (Å²) in [4.78, 5) is 26.6. The number of carbonyl (C=O) groups excluding carboxylic acids is 1. The van der Waals surface area contributed by atoms with E-state index in [1.807, 2.05) is 26.0 Å². The number of nitrogens with one attached hydrogen (secondary N) is 1. The van der Waals surface area contributed by atoms with E-state index in [4.69, 9.17) is 8.83 Å². The number of hydrogen-bond donors (Lipinski definition) is 1. The molecule has 0 spiro atoms. The standard InChI is InChI=1S/C20H15N3O5/c1-11-9-12(2)18-15(10-11)22-20(28-18)13-3-5-14(6-4-13)21-19(24)16-7-8-17(27-16)23(25)26/h3-10H,1-2H3,(H,21,24). The van der Waals surface area contributed by atoms with E-state index in [1.54, 1.807) is 24.3 Å². The molecule has 140 valence electrons. The van der Waals surface area contributed by atoms with Crippen LogP contribution < -0.4 is 5.32 Å². The highest BCUT2D eigenvalue weighted by atomic mass is 16.6. The van der Waals surface area contributed by atoms with Gasteiger partial charge < -0.3 is 14.2 Å². The molecule has 4 rings (SSSR count). The van der Waals surface area contributed by atoms with Gasteiger partial charge in [-0.1, -0.05) is 6.07 Å². The molecule has 4 aromatic rings. The van der Waals surface area contributed by atoms with Crippen LogP contribution in [0.2, 0.25) is 0 Å². The Morgan fingerprint density at radius 2 is 1.82 bits per heavy atom. The van der Waals surface area contributed by atoms with Crippen LogP contribution in [-0.2, 0) is 0 Å². The molecule has 2 aromatic carbocycles. The number of rotatable bonds is 4. The smallest absolute Gasteiger partial charge is 0.433 e. The van der Waals surface area contributed by atoms with Gasteiger partial charge in [0, 0.05) is 11.3 Å². The van der Waals surface area contributed by atoms with Crippen LogP contribution in [0.1, 0.15) is 21.7 Å². The summed E-state index contributed by atoms with van der Waals surface area (Å²) in [6.07, 6.45) is 0. The van der Waals surface area contributed by atoms with Crippen LogP contribution in [-0.4, -0.2) is 15.8 Å². The Balaban J connectivity index is 1.54. The van der Waals surface area contributed by atoms with Gasteiger partial charge in [0.25, 0.3) is 5.91 Å². The molecule has 8 heteroatoms. The van der Waals surface area contributed by atoms with Crippen molar-refractivity contribution in [3.8, 4) is 11.5 Å². The number of carbonyl (C=O) groups is 1. The maximum absolute atomic E-state index is 12.1. The lowest BCUT2D eigenvalue weighted by Crippen LogP contribution is -2.10. The van der Waals surface area contributed by atoms with E-state index in [9.17, 15) is 14.9 Å². The minimum atomic E-state index is -0.699. The number of oxazole rings is 1. The molecule has 28 heavy (non-hydrogen) atoms. The van der Waals surface area contributed by atoms with Gasteiger partial charge in [0.2, 0.25) is 5.89 Å². The summed E-state index contributed by atoms with van der Waals surface area (Å²) in [5.41, 5.74) is 4.95. The average molecular weight is 377 g/mol. The van der Waals surface area contributed by atoms with Crippen LogP contribution in [0.25, 0.3) is 22.6 Å². The number of nitro groups is 1. The summed E-state index contributed by atoms with van der Waals surface area (Å²) >= 11 is 0. The molecule has 8 nitrogen and oxygen atoms in total. The van der Waals surface area contributed by atoms with Crippen molar-refractivity contribution in [1.82, 2.24) is 4.98 Å². The quantitative estimate of drug-likeness (QED) is 0.401. The zero-order chi connectivity index (χ0) is 19.8. The van der Waals surface area contributed by atoms with Crippen molar-refractivity contribution in [3.05, 3.63) is 75.5 Å². The Morgan fingerprint density at radius 3 is 2.50 bits per heavy atom. The zero-order valence-corrected chi connectivity index (χ0v) is 15.1. The number of benzene rings is 2. The Bertz CT molecular complexity index is 1200. The Labute approximate surface area is 158 Å². The normalized spacial score (nSPS) is 10.9. The number of fused-ring (bicyclic) bond motifs is 1. The lowest BCUT2D eigenvalue weighted by molar-refractivity contribution is -0.402. The molecule has 1 N–H and O–H groups in total. The highest BCUT2D eigenvalue weighted by Gasteiger charge is 2.17. The molecule has 0 aliphatic carbocycles.